The first kappa shape index (κ1) is 11.7. The van der Waals surface area contributed by atoms with Crippen LogP contribution in [0.1, 0.15) is 17.4 Å². The molecule has 2 rings (SSSR count). The molecule has 0 fully saturated rings. The van der Waals surface area contributed by atoms with Crippen molar-refractivity contribution in [1.29, 1.82) is 0 Å². The number of hydrogen-bond donors (Lipinski definition) is 0. The van der Waals surface area contributed by atoms with Gasteiger partial charge in [-0.1, -0.05) is 28.9 Å². The molecule has 88 valence electrons. The van der Waals surface area contributed by atoms with Crippen LogP contribution in [-0.4, -0.2) is 17.7 Å². The third-order valence-electron chi connectivity index (χ3n) is 2.13. The molecule has 1 aromatic heterocycles. The van der Waals surface area contributed by atoms with Gasteiger partial charge in [0.2, 0.25) is 0 Å². The van der Waals surface area contributed by atoms with Gasteiger partial charge in [-0.3, -0.25) is 0 Å². The molecule has 0 N–H and O–H groups in total. The van der Waals surface area contributed by atoms with E-state index in [9.17, 15) is 4.79 Å². The molecule has 0 radical (unpaired) electrons. The van der Waals surface area contributed by atoms with Crippen molar-refractivity contribution >= 4 is 17.6 Å². The van der Waals surface area contributed by atoms with Gasteiger partial charge in [0.15, 0.2) is 11.5 Å². The molecule has 0 amide bonds. The fraction of sp³-hybridized carbons (Fsp3) is 0.167. The minimum Gasteiger partial charge on any atom is -0.461 e. The first-order chi connectivity index (χ1) is 8.22. The molecule has 0 saturated heterocycles. The first-order valence-corrected chi connectivity index (χ1v) is 5.49. The van der Waals surface area contributed by atoms with Gasteiger partial charge in [-0.15, -0.1) is 0 Å². The lowest BCUT2D eigenvalue weighted by molar-refractivity contribution is 0.0514. The van der Waals surface area contributed by atoms with Crippen LogP contribution < -0.4 is 0 Å². The van der Waals surface area contributed by atoms with Crippen LogP contribution >= 0.6 is 11.6 Å². The van der Waals surface area contributed by atoms with Crippen molar-refractivity contribution in [3.8, 4) is 11.3 Å². The molecule has 1 aromatic carbocycles. The monoisotopic (exact) mass is 251 g/mol. The van der Waals surface area contributed by atoms with E-state index in [2.05, 4.69) is 5.16 Å². The Morgan fingerprint density at radius 1 is 1.47 bits per heavy atom. The van der Waals surface area contributed by atoms with Crippen molar-refractivity contribution in [3.05, 3.63) is 41.0 Å². The second-order valence-corrected chi connectivity index (χ2v) is 3.68. The third-order valence-corrected chi connectivity index (χ3v) is 2.46. The number of esters is 1. The van der Waals surface area contributed by atoms with E-state index in [1.165, 1.54) is 6.07 Å². The highest BCUT2D eigenvalue weighted by Gasteiger charge is 2.15. The van der Waals surface area contributed by atoms with Crippen molar-refractivity contribution < 1.29 is 14.1 Å². The number of ether oxygens (including phenoxy) is 1. The van der Waals surface area contributed by atoms with E-state index in [-0.39, 0.29) is 5.69 Å². The lowest BCUT2D eigenvalue weighted by Crippen LogP contribution is -2.04. The minimum atomic E-state index is -0.505. The van der Waals surface area contributed by atoms with Gasteiger partial charge in [-0.25, -0.2) is 4.79 Å². The lowest BCUT2D eigenvalue weighted by atomic mass is 10.1. The molecule has 1 heterocycles. The van der Waals surface area contributed by atoms with Crippen LogP contribution in [0.3, 0.4) is 0 Å². The Morgan fingerprint density at radius 2 is 2.24 bits per heavy atom. The zero-order valence-electron chi connectivity index (χ0n) is 9.14. The molecule has 0 unspecified atom stereocenters. The van der Waals surface area contributed by atoms with Gasteiger partial charge in [-0.05, 0) is 19.1 Å². The van der Waals surface area contributed by atoms with Gasteiger partial charge in [0.05, 0.1) is 11.6 Å². The molecule has 0 saturated carbocycles. The smallest absolute Gasteiger partial charge is 0.360 e. The normalized spacial score (nSPS) is 10.2. The van der Waals surface area contributed by atoms with Crippen molar-refractivity contribution in [2.24, 2.45) is 0 Å². The van der Waals surface area contributed by atoms with E-state index >= 15 is 0 Å². The average molecular weight is 252 g/mol. The third kappa shape index (κ3) is 2.47. The maximum Gasteiger partial charge on any atom is 0.360 e. The number of aromatic nitrogens is 1. The zero-order valence-corrected chi connectivity index (χ0v) is 9.90. The van der Waals surface area contributed by atoms with E-state index in [0.717, 1.165) is 0 Å². The van der Waals surface area contributed by atoms with Crippen LogP contribution in [0.2, 0.25) is 5.02 Å². The summed E-state index contributed by atoms with van der Waals surface area (Å²) < 4.78 is 9.88. The largest absolute Gasteiger partial charge is 0.461 e. The maximum absolute atomic E-state index is 11.4. The highest BCUT2D eigenvalue weighted by molar-refractivity contribution is 6.33. The van der Waals surface area contributed by atoms with Gasteiger partial charge in [0.1, 0.15) is 0 Å². The van der Waals surface area contributed by atoms with Gasteiger partial charge < -0.3 is 9.26 Å². The highest BCUT2D eigenvalue weighted by atomic mass is 35.5. The second kappa shape index (κ2) is 5.01. The quantitative estimate of drug-likeness (QED) is 0.787. The summed E-state index contributed by atoms with van der Waals surface area (Å²) in [6.07, 6.45) is 0. The van der Waals surface area contributed by atoms with Crippen LogP contribution in [0.4, 0.5) is 0 Å². The summed E-state index contributed by atoms with van der Waals surface area (Å²) in [7, 11) is 0. The van der Waals surface area contributed by atoms with Gasteiger partial charge in [0.25, 0.3) is 0 Å². The van der Waals surface area contributed by atoms with Gasteiger partial charge in [-0.2, -0.15) is 0 Å². The summed E-state index contributed by atoms with van der Waals surface area (Å²) >= 11 is 6.00. The molecule has 0 atom stereocenters. The summed E-state index contributed by atoms with van der Waals surface area (Å²) in [5.74, 6) is -0.0618. The fourth-order valence-corrected chi connectivity index (χ4v) is 1.59. The number of hydrogen-bond acceptors (Lipinski definition) is 4. The van der Waals surface area contributed by atoms with Crippen molar-refractivity contribution in [1.82, 2.24) is 5.16 Å². The molecule has 0 bridgehead atoms. The zero-order chi connectivity index (χ0) is 12.3. The molecular weight excluding hydrogens is 242 g/mol. The first-order valence-electron chi connectivity index (χ1n) is 5.11. The summed E-state index contributed by atoms with van der Waals surface area (Å²) in [5, 5.41) is 4.18. The topological polar surface area (TPSA) is 52.3 Å². The van der Waals surface area contributed by atoms with Crippen molar-refractivity contribution in [2.45, 2.75) is 6.92 Å². The molecule has 5 heteroatoms. The van der Waals surface area contributed by atoms with E-state index in [1.807, 2.05) is 12.1 Å². The summed E-state index contributed by atoms with van der Waals surface area (Å²) in [4.78, 5) is 11.4. The molecule has 0 aliphatic heterocycles. The Kier molecular flexibility index (Phi) is 3.44. The Balaban J connectivity index is 2.30. The van der Waals surface area contributed by atoms with Crippen LogP contribution in [-0.2, 0) is 4.74 Å². The van der Waals surface area contributed by atoms with E-state index < -0.39 is 5.97 Å². The average Bonchev–Trinajstić information content (AvgIpc) is 2.79. The van der Waals surface area contributed by atoms with E-state index in [4.69, 9.17) is 20.9 Å². The fourth-order valence-electron chi connectivity index (χ4n) is 1.36. The SMILES string of the molecule is CCOC(=O)c1cc(-c2ccccc2Cl)on1. The Labute approximate surface area is 103 Å². The Hall–Kier alpha value is -1.81. The molecule has 0 spiro atoms. The summed E-state index contributed by atoms with van der Waals surface area (Å²) in [5.41, 5.74) is 0.832. The van der Waals surface area contributed by atoms with Crippen LogP contribution in [0.15, 0.2) is 34.9 Å². The second-order valence-electron chi connectivity index (χ2n) is 3.28. The predicted molar refractivity (Wildman–Crippen MR) is 62.9 cm³/mol. The Morgan fingerprint density at radius 3 is 2.94 bits per heavy atom. The molecule has 4 nitrogen and oxygen atoms in total. The maximum atomic E-state index is 11.4. The van der Waals surface area contributed by atoms with Crippen molar-refractivity contribution in [2.75, 3.05) is 6.61 Å². The Bertz CT molecular complexity index is 536. The number of halogens is 1. The lowest BCUT2D eigenvalue weighted by Gasteiger charge is -1.97. The number of carbonyl (C=O) groups excluding carboxylic acids is 1. The predicted octanol–water partition coefficient (Wildman–Crippen LogP) is 3.17. The van der Waals surface area contributed by atoms with Crippen molar-refractivity contribution in [3.63, 3.8) is 0 Å². The minimum absolute atomic E-state index is 0.141. The van der Waals surface area contributed by atoms with Crippen LogP contribution in [0.25, 0.3) is 11.3 Å². The van der Waals surface area contributed by atoms with Gasteiger partial charge in [0, 0.05) is 11.6 Å². The molecule has 0 aliphatic carbocycles. The summed E-state index contributed by atoms with van der Waals surface area (Å²) in [6.45, 7) is 2.03. The molecule has 0 aliphatic rings. The number of rotatable bonds is 3. The molecule has 2 aromatic rings. The standard InChI is InChI=1S/C12H10ClNO3/c1-2-16-12(15)10-7-11(17-14-10)8-5-3-4-6-9(8)13/h3-7H,2H2,1H3. The number of benzene rings is 1. The number of carbonyl (C=O) groups is 1. The molecular formula is C12H10ClNO3. The number of nitrogens with zero attached hydrogens (tertiary/aromatic N) is 1. The van der Waals surface area contributed by atoms with E-state index in [0.29, 0.717) is 23.0 Å². The van der Waals surface area contributed by atoms with Crippen LogP contribution in [0, 0.1) is 0 Å². The summed E-state index contributed by atoms with van der Waals surface area (Å²) in [6, 6.07) is 8.68. The highest BCUT2D eigenvalue weighted by Crippen LogP contribution is 2.27. The van der Waals surface area contributed by atoms with Crippen LogP contribution in [0.5, 0.6) is 0 Å². The van der Waals surface area contributed by atoms with Gasteiger partial charge >= 0.3 is 5.97 Å². The molecule has 17 heavy (non-hydrogen) atoms. The van der Waals surface area contributed by atoms with E-state index in [1.54, 1.807) is 19.1 Å².